The number of aromatic nitrogens is 2. The summed E-state index contributed by atoms with van der Waals surface area (Å²) in [4.78, 5) is 6.97. The first kappa shape index (κ1) is 22.0. The van der Waals surface area contributed by atoms with Gasteiger partial charge in [0.25, 0.3) is 5.92 Å². The van der Waals surface area contributed by atoms with Crippen LogP contribution in [0, 0.1) is 23.4 Å². The largest absolute Gasteiger partial charge is 0.321 e. The zero-order chi connectivity index (χ0) is 23.8. The number of hydrogen-bond acceptors (Lipinski definition) is 2. The molecule has 4 unspecified atom stereocenters. The lowest BCUT2D eigenvalue weighted by atomic mass is 9.63. The highest BCUT2D eigenvalue weighted by Gasteiger charge is 2.69. The van der Waals surface area contributed by atoms with Crippen LogP contribution in [0.4, 0.5) is 22.0 Å². The van der Waals surface area contributed by atoms with Gasteiger partial charge < -0.3 is 4.57 Å². The molecule has 1 aromatic heterocycles. The van der Waals surface area contributed by atoms with Crippen LogP contribution in [0.1, 0.15) is 50.4 Å². The monoisotopic (exact) mass is 475 g/mol. The molecule has 8 heteroatoms. The first-order valence-electron chi connectivity index (χ1n) is 12.0. The predicted octanol–water partition coefficient (Wildman–Crippen LogP) is 6.15. The third-order valence-electron chi connectivity index (χ3n) is 8.43. The summed E-state index contributed by atoms with van der Waals surface area (Å²) in [7, 11) is 0. The molecule has 0 radical (unpaired) electrons. The van der Waals surface area contributed by atoms with Crippen molar-refractivity contribution in [1.82, 2.24) is 14.5 Å². The first-order valence-corrected chi connectivity index (χ1v) is 12.0. The van der Waals surface area contributed by atoms with E-state index in [1.807, 2.05) is 6.92 Å². The minimum absolute atomic E-state index is 0.145. The molecule has 0 amide bonds. The summed E-state index contributed by atoms with van der Waals surface area (Å²) in [6.45, 7) is 2.60. The molecule has 34 heavy (non-hydrogen) atoms. The minimum atomic E-state index is -2.99. The lowest BCUT2D eigenvalue weighted by molar-refractivity contribution is -0.0720. The van der Waals surface area contributed by atoms with Crippen molar-refractivity contribution in [1.29, 1.82) is 0 Å². The molecule has 0 spiro atoms. The van der Waals surface area contributed by atoms with Crippen molar-refractivity contribution in [3.05, 3.63) is 65.2 Å². The van der Waals surface area contributed by atoms with Gasteiger partial charge in [-0.05, 0) is 50.3 Å². The van der Waals surface area contributed by atoms with Gasteiger partial charge in [0.15, 0.2) is 11.6 Å². The van der Waals surface area contributed by atoms with Gasteiger partial charge in [-0.2, -0.15) is 0 Å². The quantitative estimate of drug-likeness (QED) is 0.382. The highest BCUT2D eigenvalue weighted by Crippen LogP contribution is 2.65. The Morgan fingerprint density at radius 1 is 1.06 bits per heavy atom. The molecule has 3 aliphatic rings. The standard InChI is InChI=1S/C26H26F5N3/c1-2-24-32-21-11-19(28)20(29)12-22(21)34(24)25-13-17-10-18(25)23(14-25)33(17)9-3-8-26(30,31)15-4-6-16(27)7-5-15/h4-7,11-12,17-18,23H,2-3,8-10,13-14H2,1H3. The number of rotatable bonds is 7. The summed E-state index contributed by atoms with van der Waals surface area (Å²) in [5.41, 5.74) is 0.833. The van der Waals surface area contributed by atoms with E-state index >= 15 is 0 Å². The van der Waals surface area contributed by atoms with Crippen LogP contribution in [0.3, 0.4) is 0 Å². The maximum absolute atomic E-state index is 14.6. The average molecular weight is 476 g/mol. The van der Waals surface area contributed by atoms with Crippen LogP contribution in [-0.2, 0) is 17.9 Å². The van der Waals surface area contributed by atoms with Crippen LogP contribution in [0.25, 0.3) is 11.0 Å². The number of halogens is 5. The molecule has 2 bridgehead atoms. The molecule has 3 aromatic rings. The molecule has 3 fully saturated rings. The van der Waals surface area contributed by atoms with E-state index in [0.29, 0.717) is 48.4 Å². The van der Waals surface area contributed by atoms with Gasteiger partial charge in [0.1, 0.15) is 11.6 Å². The number of fused-ring (bicyclic) bond motifs is 2. The molecule has 0 N–H and O–H groups in total. The summed E-state index contributed by atoms with van der Waals surface area (Å²) >= 11 is 0. The zero-order valence-corrected chi connectivity index (χ0v) is 18.9. The normalized spacial score (nSPS) is 28.1. The third-order valence-corrected chi connectivity index (χ3v) is 8.43. The Morgan fingerprint density at radius 3 is 2.47 bits per heavy atom. The fourth-order valence-corrected chi connectivity index (χ4v) is 7.00. The van der Waals surface area contributed by atoms with Crippen LogP contribution in [0.2, 0.25) is 0 Å². The fraction of sp³-hybridized carbons (Fsp3) is 0.500. The Hall–Kier alpha value is -2.48. The van der Waals surface area contributed by atoms with Gasteiger partial charge in [0, 0.05) is 42.6 Å². The van der Waals surface area contributed by atoms with Gasteiger partial charge in [-0.25, -0.2) is 26.9 Å². The predicted molar refractivity (Wildman–Crippen MR) is 118 cm³/mol. The summed E-state index contributed by atoms with van der Waals surface area (Å²) in [5, 5.41) is 0. The number of piperidine rings is 2. The number of hydrogen-bond donors (Lipinski definition) is 0. The van der Waals surface area contributed by atoms with Crippen molar-refractivity contribution in [3.8, 4) is 0 Å². The van der Waals surface area contributed by atoms with Crippen molar-refractivity contribution in [2.24, 2.45) is 5.92 Å². The number of imidazole rings is 1. The molecular weight excluding hydrogens is 449 g/mol. The average Bonchev–Trinajstić information content (AvgIpc) is 3.39. The van der Waals surface area contributed by atoms with E-state index < -0.39 is 23.4 Å². The van der Waals surface area contributed by atoms with E-state index in [4.69, 9.17) is 0 Å². The second-order valence-electron chi connectivity index (χ2n) is 10.1. The molecule has 1 saturated heterocycles. The van der Waals surface area contributed by atoms with Crippen LogP contribution >= 0.6 is 0 Å². The summed E-state index contributed by atoms with van der Waals surface area (Å²) in [5.74, 6) is -4.05. The lowest BCUT2D eigenvalue weighted by Gasteiger charge is -2.59. The van der Waals surface area contributed by atoms with Crippen LogP contribution in [0.5, 0.6) is 0 Å². The number of alkyl halides is 2. The Kier molecular flexibility index (Phi) is 4.86. The van der Waals surface area contributed by atoms with Gasteiger partial charge in [-0.3, -0.25) is 4.90 Å². The molecule has 2 heterocycles. The van der Waals surface area contributed by atoms with Gasteiger partial charge in [-0.1, -0.05) is 19.1 Å². The number of aryl methyl sites for hydroxylation is 1. The molecule has 1 aliphatic heterocycles. The topological polar surface area (TPSA) is 21.1 Å². The minimum Gasteiger partial charge on any atom is -0.321 e. The highest BCUT2D eigenvalue weighted by atomic mass is 19.3. The number of nitrogens with zero attached hydrogens (tertiary/aromatic N) is 3. The molecular formula is C26H26F5N3. The first-order chi connectivity index (χ1) is 16.2. The number of benzene rings is 2. The van der Waals surface area contributed by atoms with Gasteiger partial charge in [0.05, 0.1) is 16.6 Å². The second kappa shape index (κ2) is 7.51. The Balaban J connectivity index is 1.18. The van der Waals surface area contributed by atoms with E-state index in [1.54, 1.807) is 0 Å². The molecule has 2 aliphatic carbocycles. The molecule has 180 valence electrons. The van der Waals surface area contributed by atoms with Crippen LogP contribution in [0.15, 0.2) is 36.4 Å². The van der Waals surface area contributed by atoms with E-state index in [0.717, 1.165) is 49.4 Å². The van der Waals surface area contributed by atoms with Crippen LogP contribution in [-0.4, -0.2) is 33.1 Å². The van der Waals surface area contributed by atoms with Gasteiger partial charge in [-0.15, -0.1) is 0 Å². The highest BCUT2D eigenvalue weighted by molar-refractivity contribution is 5.77. The zero-order valence-electron chi connectivity index (χ0n) is 18.9. The maximum Gasteiger partial charge on any atom is 0.273 e. The van der Waals surface area contributed by atoms with E-state index in [9.17, 15) is 22.0 Å². The third kappa shape index (κ3) is 3.06. The van der Waals surface area contributed by atoms with E-state index in [2.05, 4.69) is 14.5 Å². The Bertz CT molecular complexity index is 1250. The second-order valence-corrected chi connectivity index (χ2v) is 10.1. The maximum atomic E-state index is 14.6. The summed E-state index contributed by atoms with van der Waals surface area (Å²) in [6.07, 6.45) is 3.49. The van der Waals surface area contributed by atoms with Gasteiger partial charge in [0.2, 0.25) is 0 Å². The number of likely N-dealkylation sites (tertiary alicyclic amines) is 1. The molecule has 2 saturated carbocycles. The molecule has 2 aromatic carbocycles. The van der Waals surface area contributed by atoms with Crippen molar-refractivity contribution in [2.45, 2.75) is 69.0 Å². The van der Waals surface area contributed by atoms with Crippen molar-refractivity contribution in [2.75, 3.05) is 6.54 Å². The Morgan fingerprint density at radius 2 is 1.79 bits per heavy atom. The summed E-state index contributed by atoms with van der Waals surface area (Å²) < 4.78 is 72.3. The van der Waals surface area contributed by atoms with Crippen molar-refractivity contribution < 1.29 is 22.0 Å². The Labute approximate surface area is 194 Å². The van der Waals surface area contributed by atoms with Gasteiger partial charge >= 0.3 is 0 Å². The fourth-order valence-electron chi connectivity index (χ4n) is 7.00. The molecule has 3 nitrogen and oxygen atoms in total. The SMILES string of the molecule is CCc1nc2cc(F)c(F)cc2n1C12CC3CC1C(C2)N3CCCC(F)(F)c1ccc(F)cc1. The van der Waals surface area contributed by atoms with E-state index in [-0.39, 0.29) is 17.5 Å². The lowest BCUT2D eigenvalue weighted by Crippen LogP contribution is -2.64. The molecule has 4 atom stereocenters. The summed E-state index contributed by atoms with van der Waals surface area (Å²) in [6, 6.07) is 7.52. The van der Waals surface area contributed by atoms with Crippen LogP contribution < -0.4 is 0 Å². The van der Waals surface area contributed by atoms with Crippen molar-refractivity contribution in [3.63, 3.8) is 0 Å². The van der Waals surface area contributed by atoms with E-state index in [1.165, 1.54) is 12.1 Å². The smallest absolute Gasteiger partial charge is 0.273 e. The van der Waals surface area contributed by atoms with Crippen molar-refractivity contribution >= 4 is 11.0 Å². The molecule has 6 rings (SSSR count).